The molecule has 0 spiro atoms. The molecule has 1 N–H and O–H groups in total. The quantitative estimate of drug-likeness (QED) is 0.747. The van der Waals surface area contributed by atoms with E-state index >= 15 is 0 Å². The summed E-state index contributed by atoms with van der Waals surface area (Å²) in [6.45, 7) is 12.5. The Balaban J connectivity index is 2.50. The molecule has 16 heavy (non-hydrogen) atoms. The van der Waals surface area contributed by atoms with Gasteiger partial charge in [-0.2, -0.15) is 0 Å². The smallest absolute Gasteiger partial charge is 0.0379 e. The van der Waals surface area contributed by atoms with E-state index in [4.69, 9.17) is 0 Å². The molecule has 0 amide bonds. The molecular formula is C15H23N. The van der Waals surface area contributed by atoms with Gasteiger partial charge in [0.2, 0.25) is 0 Å². The lowest BCUT2D eigenvalue weighted by molar-refractivity contribution is 0.501. The van der Waals surface area contributed by atoms with Crippen LogP contribution in [0.25, 0.3) is 0 Å². The largest absolute Gasteiger partial charge is 0.384 e. The average molecular weight is 217 g/mol. The number of hydrogen-bond donors (Lipinski definition) is 1. The van der Waals surface area contributed by atoms with Gasteiger partial charge in [-0.1, -0.05) is 46.8 Å². The summed E-state index contributed by atoms with van der Waals surface area (Å²) in [5.41, 5.74) is 4.83. The zero-order valence-electron chi connectivity index (χ0n) is 11.1. The van der Waals surface area contributed by atoms with E-state index in [1.165, 1.54) is 23.2 Å². The lowest BCUT2D eigenvalue weighted by Gasteiger charge is -2.25. The molecule has 0 aromatic heterocycles. The Labute approximate surface area is 99.3 Å². The first-order valence-corrected chi connectivity index (χ1v) is 6.26. The highest BCUT2D eigenvalue weighted by Crippen LogP contribution is 2.40. The summed E-state index contributed by atoms with van der Waals surface area (Å²) in [7, 11) is 0. The van der Waals surface area contributed by atoms with Crippen molar-refractivity contribution >= 4 is 5.69 Å². The minimum absolute atomic E-state index is 0.242. The van der Waals surface area contributed by atoms with E-state index in [9.17, 15) is 0 Å². The van der Waals surface area contributed by atoms with Gasteiger partial charge < -0.3 is 5.32 Å². The summed E-state index contributed by atoms with van der Waals surface area (Å²) in [6, 6.07) is 6.91. The van der Waals surface area contributed by atoms with Gasteiger partial charge in [0, 0.05) is 17.6 Å². The summed E-state index contributed by atoms with van der Waals surface area (Å²) in [4.78, 5) is 0. The fourth-order valence-electron chi connectivity index (χ4n) is 2.37. The van der Waals surface area contributed by atoms with Crippen LogP contribution in [0.5, 0.6) is 0 Å². The number of rotatable bonds is 1. The monoisotopic (exact) mass is 217 g/mol. The molecule has 1 unspecified atom stereocenters. The Hall–Kier alpha value is -0.980. The van der Waals surface area contributed by atoms with Gasteiger partial charge in [0.1, 0.15) is 0 Å². The zero-order chi connectivity index (χ0) is 12.0. The highest BCUT2D eigenvalue weighted by Gasteiger charge is 2.33. The molecule has 0 fully saturated rings. The van der Waals surface area contributed by atoms with Crippen LogP contribution in [-0.2, 0) is 10.8 Å². The standard InChI is InChI=1S/C15H23N/c1-6-15(5)10-16-13-8-7-11(9-12(13)15)14(2,3)4/h7-9,16H,6,10H2,1-5H3. The third kappa shape index (κ3) is 1.73. The van der Waals surface area contributed by atoms with Gasteiger partial charge >= 0.3 is 0 Å². The van der Waals surface area contributed by atoms with Crippen molar-refractivity contribution in [1.82, 2.24) is 0 Å². The van der Waals surface area contributed by atoms with Crippen LogP contribution in [0, 0.1) is 0 Å². The molecule has 1 aliphatic heterocycles. The van der Waals surface area contributed by atoms with E-state index in [1.807, 2.05) is 0 Å². The van der Waals surface area contributed by atoms with Crippen molar-refractivity contribution in [3.8, 4) is 0 Å². The van der Waals surface area contributed by atoms with Crippen molar-refractivity contribution in [2.75, 3.05) is 11.9 Å². The molecule has 1 heterocycles. The van der Waals surface area contributed by atoms with Gasteiger partial charge in [-0.05, 0) is 29.0 Å². The normalized spacial score (nSPS) is 24.1. The van der Waals surface area contributed by atoms with Crippen LogP contribution in [-0.4, -0.2) is 6.54 Å². The molecule has 0 aliphatic carbocycles. The van der Waals surface area contributed by atoms with Crippen molar-refractivity contribution in [1.29, 1.82) is 0 Å². The molecule has 0 bridgehead atoms. The van der Waals surface area contributed by atoms with Crippen LogP contribution in [0.3, 0.4) is 0 Å². The maximum Gasteiger partial charge on any atom is 0.0379 e. The predicted molar refractivity (Wildman–Crippen MR) is 71.3 cm³/mol. The topological polar surface area (TPSA) is 12.0 Å². The molecule has 2 rings (SSSR count). The van der Waals surface area contributed by atoms with Gasteiger partial charge in [0.15, 0.2) is 0 Å². The predicted octanol–water partition coefficient (Wildman–Crippen LogP) is 4.08. The van der Waals surface area contributed by atoms with Gasteiger partial charge in [0.05, 0.1) is 0 Å². The number of fused-ring (bicyclic) bond motifs is 1. The fourth-order valence-corrected chi connectivity index (χ4v) is 2.37. The van der Waals surface area contributed by atoms with E-state index in [1.54, 1.807) is 0 Å². The Morgan fingerprint density at radius 1 is 1.31 bits per heavy atom. The van der Waals surface area contributed by atoms with Crippen LogP contribution >= 0.6 is 0 Å². The summed E-state index contributed by atoms with van der Waals surface area (Å²) in [6.07, 6.45) is 1.20. The molecule has 1 aliphatic rings. The summed E-state index contributed by atoms with van der Waals surface area (Å²) < 4.78 is 0. The molecule has 0 saturated carbocycles. The van der Waals surface area contributed by atoms with Gasteiger partial charge in [-0.15, -0.1) is 0 Å². The highest BCUT2D eigenvalue weighted by atomic mass is 14.9. The summed E-state index contributed by atoms with van der Waals surface area (Å²) in [5.74, 6) is 0. The number of benzene rings is 1. The molecule has 1 aromatic carbocycles. The van der Waals surface area contributed by atoms with E-state index in [2.05, 4.69) is 58.1 Å². The molecule has 1 atom stereocenters. The minimum atomic E-state index is 0.242. The zero-order valence-corrected chi connectivity index (χ0v) is 11.1. The lowest BCUT2D eigenvalue weighted by atomic mass is 9.78. The third-order valence-corrected chi connectivity index (χ3v) is 3.99. The second kappa shape index (κ2) is 3.51. The van der Waals surface area contributed by atoms with E-state index in [0.717, 1.165) is 6.54 Å². The Morgan fingerprint density at radius 3 is 2.56 bits per heavy atom. The van der Waals surface area contributed by atoms with E-state index in [0.29, 0.717) is 5.41 Å². The van der Waals surface area contributed by atoms with Crippen LogP contribution in [0.1, 0.15) is 52.2 Å². The van der Waals surface area contributed by atoms with Crippen LogP contribution in [0.4, 0.5) is 5.69 Å². The average Bonchev–Trinajstić information content (AvgIpc) is 2.56. The molecule has 1 nitrogen and oxygen atoms in total. The van der Waals surface area contributed by atoms with Crippen LogP contribution < -0.4 is 5.32 Å². The number of anilines is 1. The van der Waals surface area contributed by atoms with Gasteiger partial charge in [0.25, 0.3) is 0 Å². The second-order valence-corrected chi connectivity index (χ2v) is 6.28. The first-order chi connectivity index (χ1) is 7.37. The molecule has 0 radical (unpaired) electrons. The van der Waals surface area contributed by atoms with Gasteiger partial charge in [-0.25, -0.2) is 0 Å². The Kier molecular flexibility index (Phi) is 2.52. The van der Waals surface area contributed by atoms with Crippen molar-refractivity contribution in [3.63, 3.8) is 0 Å². The molecule has 1 aromatic rings. The first-order valence-electron chi connectivity index (χ1n) is 6.26. The van der Waals surface area contributed by atoms with E-state index in [-0.39, 0.29) is 5.41 Å². The summed E-state index contributed by atoms with van der Waals surface area (Å²) in [5, 5.41) is 3.52. The number of hydrogen-bond acceptors (Lipinski definition) is 1. The third-order valence-electron chi connectivity index (χ3n) is 3.99. The molecule has 88 valence electrons. The SMILES string of the molecule is CCC1(C)CNc2ccc(C(C)(C)C)cc21. The first kappa shape index (κ1) is 11.5. The molecule has 0 saturated heterocycles. The maximum absolute atomic E-state index is 3.52. The maximum atomic E-state index is 3.52. The summed E-state index contributed by atoms with van der Waals surface area (Å²) >= 11 is 0. The van der Waals surface area contributed by atoms with Crippen molar-refractivity contribution < 1.29 is 0 Å². The highest BCUT2D eigenvalue weighted by molar-refractivity contribution is 5.61. The second-order valence-electron chi connectivity index (χ2n) is 6.28. The lowest BCUT2D eigenvalue weighted by Crippen LogP contribution is -2.23. The fraction of sp³-hybridized carbons (Fsp3) is 0.600. The van der Waals surface area contributed by atoms with E-state index < -0.39 is 0 Å². The van der Waals surface area contributed by atoms with Crippen LogP contribution in [0.2, 0.25) is 0 Å². The number of nitrogens with one attached hydrogen (secondary N) is 1. The Morgan fingerprint density at radius 2 is 2.00 bits per heavy atom. The van der Waals surface area contributed by atoms with Gasteiger partial charge in [-0.3, -0.25) is 0 Å². The van der Waals surface area contributed by atoms with Crippen molar-refractivity contribution in [2.45, 2.75) is 51.9 Å². The van der Waals surface area contributed by atoms with Crippen LogP contribution in [0.15, 0.2) is 18.2 Å². The van der Waals surface area contributed by atoms with Crippen molar-refractivity contribution in [2.24, 2.45) is 0 Å². The minimum Gasteiger partial charge on any atom is -0.384 e. The van der Waals surface area contributed by atoms with Crippen molar-refractivity contribution in [3.05, 3.63) is 29.3 Å². The Bertz CT molecular complexity index is 400. The molecular weight excluding hydrogens is 194 g/mol. The molecule has 1 heteroatoms.